The van der Waals surface area contributed by atoms with Crippen molar-refractivity contribution < 1.29 is 35.6 Å². The lowest BCUT2D eigenvalue weighted by Gasteiger charge is -2.20. The normalized spacial score (nSPS) is 11.5. The van der Waals surface area contributed by atoms with Gasteiger partial charge in [-0.05, 0) is 60.9 Å². The van der Waals surface area contributed by atoms with E-state index in [4.69, 9.17) is 22.4 Å². The molecule has 0 fully saturated rings. The van der Waals surface area contributed by atoms with Crippen LogP contribution in [0.15, 0.2) is 78.9 Å². The molecule has 0 unspecified atom stereocenters. The van der Waals surface area contributed by atoms with Gasteiger partial charge < -0.3 is 9.47 Å². The van der Waals surface area contributed by atoms with Gasteiger partial charge in [0.2, 0.25) is 0 Å². The Labute approximate surface area is 205 Å². The molecule has 0 aliphatic heterocycles. The molecule has 0 aromatic heterocycles. The second-order valence-electron chi connectivity index (χ2n) is 7.28. The molecule has 3 aromatic rings. The number of halogens is 3. The molecule has 35 heavy (non-hydrogen) atoms. The molecule has 1 N–H and O–H groups in total. The zero-order valence-electron chi connectivity index (χ0n) is 19.4. The fraction of sp³-hybridized carbons (Fsp3) is 0.280. The second kappa shape index (κ2) is 13.5. The third kappa shape index (κ3) is 9.17. The van der Waals surface area contributed by atoms with Crippen molar-refractivity contribution in [2.75, 3.05) is 13.2 Å². The first kappa shape index (κ1) is 28.6. The van der Waals surface area contributed by atoms with Crippen molar-refractivity contribution in [3.63, 3.8) is 0 Å². The van der Waals surface area contributed by atoms with E-state index < -0.39 is 23.5 Å². The maximum absolute atomic E-state index is 10.7. The molecule has 3 aromatic carbocycles. The predicted molar refractivity (Wildman–Crippen MR) is 134 cm³/mol. The first-order valence-electron chi connectivity index (χ1n) is 10.9. The molecule has 5 nitrogen and oxygen atoms in total. The summed E-state index contributed by atoms with van der Waals surface area (Å²) in [7, 11) is -6.45. The van der Waals surface area contributed by atoms with Gasteiger partial charge in [-0.15, -0.1) is 0 Å². The van der Waals surface area contributed by atoms with E-state index in [0.717, 1.165) is 37.6 Å². The van der Waals surface area contributed by atoms with E-state index in [9.17, 15) is 13.2 Å². The highest BCUT2D eigenvalue weighted by Crippen LogP contribution is 2.34. The summed E-state index contributed by atoms with van der Waals surface area (Å²) in [5.41, 5.74) is -5.53. The van der Waals surface area contributed by atoms with Gasteiger partial charge in [-0.2, -0.15) is 21.6 Å². The number of ether oxygens (including phenoxy) is 2. The van der Waals surface area contributed by atoms with E-state index in [0.29, 0.717) is 0 Å². The van der Waals surface area contributed by atoms with E-state index >= 15 is 0 Å². The van der Waals surface area contributed by atoms with Crippen LogP contribution in [0.5, 0.6) is 11.5 Å². The van der Waals surface area contributed by atoms with E-state index in [1.807, 2.05) is 0 Å². The molecule has 0 atom stereocenters. The summed E-state index contributed by atoms with van der Waals surface area (Å²) in [5.74, 6) is 1.87. The van der Waals surface area contributed by atoms with Gasteiger partial charge in [0.1, 0.15) is 11.5 Å². The maximum atomic E-state index is 10.7. The standard InChI is InChI=1S/C24H27O2P.CHF3O3S/c1-3-18-25-20-10-14-23(15-11-20)27(22-8-6-5-7-9-22)24-16-12-21(13-17-24)26-19-4-2;2-1(3,4)8(5,6)7/h5-17H,3-4,18-19H2,1-2H3;(H,5,6,7). The number of hydrogen-bond acceptors (Lipinski definition) is 4. The highest BCUT2D eigenvalue weighted by molar-refractivity contribution is 7.86. The smallest absolute Gasteiger partial charge is 0.494 e. The number of alkyl halides is 3. The summed E-state index contributed by atoms with van der Waals surface area (Å²) >= 11 is 0. The molecule has 0 saturated carbocycles. The van der Waals surface area contributed by atoms with Crippen LogP contribution < -0.4 is 25.4 Å². The second-order valence-corrected chi connectivity index (χ2v) is 10.9. The van der Waals surface area contributed by atoms with Crippen LogP contribution >= 0.6 is 7.92 Å². The molecule has 0 amide bonds. The summed E-state index contributed by atoms with van der Waals surface area (Å²) in [4.78, 5) is 0. The van der Waals surface area contributed by atoms with E-state index in [1.54, 1.807) is 0 Å². The average Bonchev–Trinajstić information content (AvgIpc) is 2.83. The monoisotopic (exact) mass is 528 g/mol. The van der Waals surface area contributed by atoms with Gasteiger partial charge in [0.05, 0.1) is 13.2 Å². The van der Waals surface area contributed by atoms with Crippen molar-refractivity contribution in [1.82, 2.24) is 0 Å². The molecule has 0 bridgehead atoms. The van der Waals surface area contributed by atoms with Crippen LogP contribution in [0, 0.1) is 0 Å². The summed E-state index contributed by atoms with van der Waals surface area (Å²) in [5, 5.41) is 3.99. The molecule has 0 aliphatic rings. The third-order valence-electron chi connectivity index (χ3n) is 4.44. The molecule has 0 aliphatic carbocycles. The molecule has 0 radical (unpaired) electrons. The zero-order valence-corrected chi connectivity index (χ0v) is 21.1. The Morgan fingerprint density at radius 3 is 1.37 bits per heavy atom. The molecule has 0 heterocycles. The van der Waals surface area contributed by atoms with Crippen molar-refractivity contribution in [1.29, 1.82) is 0 Å². The molecular weight excluding hydrogens is 500 g/mol. The van der Waals surface area contributed by atoms with E-state index in [-0.39, 0.29) is 0 Å². The summed E-state index contributed by atoms with van der Waals surface area (Å²) in [6, 6.07) is 27.9. The first-order chi connectivity index (χ1) is 16.6. The van der Waals surface area contributed by atoms with Gasteiger partial charge >= 0.3 is 15.6 Å². The minimum Gasteiger partial charge on any atom is -0.494 e. The first-order valence-corrected chi connectivity index (χ1v) is 13.7. The molecule has 3 rings (SSSR count). The number of hydrogen-bond donors (Lipinski definition) is 1. The van der Waals surface area contributed by atoms with Crippen molar-refractivity contribution in [3.05, 3.63) is 78.9 Å². The summed E-state index contributed by atoms with van der Waals surface area (Å²) < 4.78 is 69.0. The largest absolute Gasteiger partial charge is 0.522 e. The maximum Gasteiger partial charge on any atom is 0.522 e. The van der Waals surface area contributed by atoms with Crippen molar-refractivity contribution in [2.45, 2.75) is 32.2 Å². The fourth-order valence-corrected chi connectivity index (χ4v) is 5.11. The number of rotatable bonds is 9. The van der Waals surface area contributed by atoms with Gasteiger partial charge in [-0.1, -0.05) is 68.4 Å². The van der Waals surface area contributed by atoms with Crippen LogP contribution in [-0.2, 0) is 10.1 Å². The molecule has 0 saturated heterocycles. The Morgan fingerprint density at radius 2 is 1.06 bits per heavy atom. The Bertz CT molecular complexity index is 1070. The van der Waals surface area contributed by atoms with Crippen LogP contribution in [0.2, 0.25) is 0 Å². The van der Waals surface area contributed by atoms with Crippen LogP contribution in [0.1, 0.15) is 26.7 Å². The highest BCUT2D eigenvalue weighted by Gasteiger charge is 2.44. The zero-order chi connectivity index (χ0) is 25.9. The Morgan fingerprint density at radius 1 is 0.714 bits per heavy atom. The third-order valence-corrected chi connectivity index (χ3v) is 7.47. The van der Waals surface area contributed by atoms with Crippen LogP contribution in [-0.4, -0.2) is 31.7 Å². The van der Waals surface area contributed by atoms with Crippen molar-refractivity contribution in [2.24, 2.45) is 0 Å². The number of benzene rings is 3. The quantitative estimate of drug-likeness (QED) is 0.228. The summed E-state index contributed by atoms with van der Waals surface area (Å²) in [6.45, 7) is 5.76. The Kier molecular flexibility index (Phi) is 11.0. The van der Waals surface area contributed by atoms with Gasteiger partial charge in [0, 0.05) is 0 Å². The van der Waals surface area contributed by atoms with E-state index in [1.165, 1.54) is 15.9 Å². The minimum atomic E-state index is -5.84. The van der Waals surface area contributed by atoms with Crippen LogP contribution in [0.25, 0.3) is 0 Å². The minimum absolute atomic E-state index is 0.608. The summed E-state index contributed by atoms with van der Waals surface area (Å²) in [6.07, 6.45) is 2.04. The lowest BCUT2D eigenvalue weighted by Crippen LogP contribution is -2.21. The van der Waals surface area contributed by atoms with Crippen molar-refractivity contribution >= 4 is 34.0 Å². The highest BCUT2D eigenvalue weighted by atomic mass is 32.2. The van der Waals surface area contributed by atoms with E-state index in [2.05, 4.69) is 92.7 Å². The molecule has 0 spiro atoms. The topological polar surface area (TPSA) is 72.8 Å². The lowest BCUT2D eigenvalue weighted by atomic mass is 10.3. The van der Waals surface area contributed by atoms with Gasteiger partial charge in [0.25, 0.3) is 0 Å². The van der Waals surface area contributed by atoms with Crippen LogP contribution in [0.3, 0.4) is 0 Å². The average molecular weight is 529 g/mol. The van der Waals surface area contributed by atoms with Crippen molar-refractivity contribution in [3.8, 4) is 11.5 Å². The molecular formula is C25H28F3O5PS. The molecule has 10 heteroatoms. The Balaban J connectivity index is 0.000000466. The van der Waals surface area contributed by atoms with Gasteiger partial charge in [0.15, 0.2) is 0 Å². The fourth-order valence-electron chi connectivity index (χ4n) is 2.85. The van der Waals surface area contributed by atoms with Gasteiger partial charge in [-0.3, -0.25) is 4.55 Å². The van der Waals surface area contributed by atoms with Crippen LogP contribution in [0.4, 0.5) is 13.2 Å². The molecule has 190 valence electrons. The lowest BCUT2D eigenvalue weighted by molar-refractivity contribution is -0.0510. The Hall–Kier alpha value is -2.61. The SMILES string of the molecule is CCCOc1ccc(P(c2ccccc2)c2ccc(OCCC)cc2)cc1.O=S(=O)(O)C(F)(F)F. The van der Waals surface area contributed by atoms with Gasteiger partial charge in [-0.25, -0.2) is 0 Å². The predicted octanol–water partition coefficient (Wildman–Crippen LogP) is 5.42.